The van der Waals surface area contributed by atoms with Gasteiger partial charge in [0.05, 0.1) is 0 Å². The summed E-state index contributed by atoms with van der Waals surface area (Å²) in [5.41, 5.74) is 0.959. The SMILES string of the molecule is c1cnc2c(O[C@H]3CCCNC3)cccc2c1. The van der Waals surface area contributed by atoms with Crippen molar-refractivity contribution in [2.45, 2.75) is 18.9 Å². The molecule has 2 heterocycles. The van der Waals surface area contributed by atoms with E-state index in [0.29, 0.717) is 0 Å². The number of para-hydroxylation sites is 1. The van der Waals surface area contributed by atoms with E-state index in [1.54, 1.807) is 0 Å². The molecular weight excluding hydrogens is 212 g/mol. The van der Waals surface area contributed by atoms with Gasteiger partial charge in [-0.25, -0.2) is 0 Å². The molecule has 1 aromatic carbocycles. The Morgan fingerprint density at radius 3 is 3.06 bits per heavy atom. The molecule has 0 spiro atoms. The molecule has 1 fully saturated rings. The number of hydrogen-bond acceptors (Lipinski definition) is 3. The number of nitrogens with zero attached hydrogens (tertiary/aromatic N) is 1. The van der Waals surface area contributed by atoms with Gasteiger partial charge in [0.1, 0.15) is 17.4 Å². The van der Waals surface area contributed by atoms with Crippen LogP contribution in [0.25, 0.3) is 10.9 Å². The number of benzene rings is 1. The Morgan fingerprint density at radius 2 is 2.18 bits per heavy atom. The molecule has 0 unspecified atom stereocenters. The summed E-state index contributed by atoms with van der Waals surface area (Å²) in [7, 11) is 0. The number of pyridine rings is 1. The molecule has 1 saturated heterocycles. The second-order valence-electron chi connectivity index (χ2n) is 4.42. The van der Waals surface area contributed by atoms with Crippen LogP contribution in [0.4, 0.5) is 0 Å². The summed E-state index contributed by atoms with van der Waals surface area (Å²) in [6.45, 7) is 2.04. The van der Waals surface area contributed by atoms with Gasteiger partial charge in [-0.05, 0) is 31.5 Å². The molecule has 1 aliphatic heterocycles. The lowest BCUT2D eigenvalue weighted by molar-refractivity contribution is 0.169. The van der Waals surface area contributed by atoms with Gasteiger partial charge in [0.2, 0.25) is 0 Å². The third-order valence-electron chi connectivity index (χ3n) is 3.14. The van der Waals surface area contributed by atoms with Crippen molar-refractivity contribution in [2.75, 3.05) is 13.1 Å². The first kappa shape index (κ1) is 10.5. The van der Waals surface area contributed by atoms with Crippen LogP contribution in [0.15, 0.2) is 36.5 Å². The van der Waals surface area contributed by atoms with E-state index >= 15 is 0 Å². The number of aromatic nitrogens is 1. The zero-order chi connectivity index (χ0) is 11.5. The van der Waals surface area contributed by atoms with Crippen molar-refractivity contribution in [1.29, 1.82) is 0 Å². The number of hydrogen-bond donors (Lipinski definition) is 1. The second-order valence-corrected chi connectivity index (χ2v) is 4.42. The van der Waals surface area contributed by atoms with E-state index in [9.17, 15) is 0 Å². The number of rotatable bonds is 2. The van der Waals surface area contributed by atoms with E-state index in [1.165, 1.54) is 6.42 Å². The maximum absolute atomic E-state index is 6.04. The summed E-state index contributed by atoms with van der Waals surface area (Å²) in [6.07, 6.45) is 4.39. The van der Waals surface area contributed by atoms with Crippen molar-refractivity contribution in [3.8, 4) is 5.75 Å². The van der Waals surface area contributed by atoms with Crippen LogP contribution in [0.1, 0.15) is 12.8 Å². The van der Waals surface area contributed by atoms with Gasteiger partial charge in [0, 0.05) is 18.1 Å². The number of fused-ring (bicyclic) bond motifs is 1. The first-order valence-corrected chi connectivity index (χ1v) is 6.14. The minimum Gasteiger partial charge on any atom is -0.487 e. The second kappa shape index (κ2) is 4.72. The van der Waals surface area contributed by atoms with Gasteiger partial charge in [-0.2, -0.15) is 0 Å². The summed E-state index contributed by atoms with van der Waals surface area (Å²) in [4.78, 5) is 4.40. The molecule has 0 aliphatic carbocycles. The van der Waals surface area contributed by atoms with Crippen LogP contribution in [0.2, 0.25) is 0 Å². The first-order valence-electron chi connectivity index (χ1n) is 6.14. The predicted molar refractivity (Wildman–Crippen MR) is 68.3 cm³/mol. The highest BCUT2D eigenvalue weighted by Crippen LogP contribution is 2.24. The molecule has 88 valence electrons. The Labute approximate surface area is 101 Å². The molecule has 0 bridgehead atoms. The Bertz CT molecular complexity index is 501. The van der Waals surface area contributed by atoms with Crippen LogP contribution in [0.5, 0.6) is 5.75 Å². The molecule has 0 radical (unpaired) electrons. The highest BCUT2D eigenvalue weighted by atomic mass is 16.5. The smallest absolute Gasteiger partial charge is 0.146 e. The van der Waals surface area contributed by atoms with Crippen molar-refractivity contribution in [1.82, 2.24) is 10.3 Å². The number of ether oxygens (including phenoxy) is 1. The Kier molecular flexibility index (Phi) is 2.92. The van der Waals surface area contributed by atoms with Gasteiger partial charge < -0.3 is 10.1 Å². The van der Waals surface area contributed by atoms with Gasteiger partial charge >= 0.3 is 0 Å². The van der Waals surface area contributed by atoms with Crippen LogP contribution < -0.4 is 10.1 Å². The largest absolute Gasteiger partial charge is 0.487 e. The van der Waals surface area contributed by atoms with Gasteiger partial charge in [0.25, 0.3) is 0 Å². The molecule has 3 heteroatoms. The number of nitrogens with one attached hydrogen (secondary N) is 1. The predicted octanol–water partition coefficient (Wildman–Crippen LogP) is 2.37. The minimum absolute atomic E-state index is 0.274. The molecular formula is C14H16N2O. The molecule has 0 saturated carbocycles. The minimum atomic E-state index is 0.274. The van der Waals surface area contributed by atoms with Crippen LogP contribution in [-0.2, 0) is 0 Å². The van der Waals surface area contributed by atoms with Crippen molar-refractivity contribution >= 4 is 10.9 Å². The fourth-order valence-electron chi connectivity index (χ4n) is 2.27. The van der Waals surface area contributed by atoms with Crippen molar-refractivity contribution in [3.63, 3.8) is 0 Å². The third kappa shape index (κ3) is 2.24. The van der Waals surface area contributed by atoms with Crippen LogP contribution in [-0.4, -0.2) is 24.2 Å². The molecule has 3 rings (SSSR count). The van der Waals surface area contributed by atoms with Crippen molar-refractivity contribution in [2.24, 2.45) is 0 Å². The summed E-state index contributed by atoms with van der Waals surface area (Å²) in [5, 5.41) is 4.49. The number of piperidine rings is 1. The lowest BCUT2D eigenvalue weighted by Gasteiger charge is -2.24. The summed E-state index contributed by atoms with van der Waals surface area (Å²) >= 11 is 0. The fourth-order valence-corrected chi connectivity index (χ4v) is 2.27. The molecule has 0 amide bonds. The summed E-state index contributed by atoms with van der Waals surface area (Å²) in [5.74, 6) is 0.900. The summed E-state index contributed by atoms with van der Waals surface area (Å²) < 4.78 is 6.04. The van der Waals surface area contributed by atoms with E-state index in [-0.39, 0.29) is 6.10 Å². The average molecular weight is 228 g/mol. The van der Waals surface area contributed by atoms with E-state index in [2.05, 4.69) is 22.4 Å². The van der Waals surface area contributed by atoms with E-state index in [1.807, 2.05) is 24.4 Å². The topological polar surface area (TPSA) is 34.1 Å². The quantitative estimate of drug-likeness (QED) is 0.856. The Hall–Kier alpha value is -1.61. The molecule has 1 aromatic heterocycles. The lowest BCUT2D eigenvalue weighted by atomic mass is 10.1. The fraction of sp³-hybridized carbons (Fsp3) is 0.357. The lowest BCUT2D eigenvalue weighted by Crippen LogP contribution is -2.37. The molecule has 1 N–H and O–H groups in total. The molecule has 17 heavy (non-hydrogen) atoms. The zero-order valence-corrected chi connectivity index (χ0v) is 9.73. The third-order valence-corrected chi connectivity index (χ3v) is 3.14. The highest BCUT2D eigenvalue weighted by molar-refractivity contribution is 5.84. The Balaban J connectivity index is 1.89. The van der Waals surface area contributed by atoms with E-state index < -0.39 is 0 Å². The van der Waals surface area contributed by atoms with Gasteiger partial charge in [0.15, 0.2) is 0 Å². The molecule has 2 aromatic rings. The maximum Gasteiger partial charge on any atom is 0.146 e. The van der Waals surface area contributed by atoms with Gasteiger partial charge in [-0.3, -0.25) is 4.98 Å². The van der Waals surface area contributed by atoms with E-state index in [0.717, 1.165) is 36.2 Å². The van der Waals surface area contributed by atoms with Gasteiger partial charge in [-0.1, -0.05) is 18.2 Å². The molecule has 3 nitrogen and oxygen atoms in total. The standard InChI is InChI=1S/C14H16N2O/c1-4-11-5-2-9-16-14(11)13(7-1)17-12-6-3-8-15-10-12/h1-2,4-5,7,9,12,15H,3,6,8,10H2/t12-/m0/s1. The normalized spacial score (nSPS) is 20.4. The van der Waals surface area contributed by atoms with Crippen molar-refractivity contribution < 1.29 is 4.74 Å². The average Bonchev–Trinajstić information content (AvgIpc) is 2.40. The van der Waals surface area contributed by atoms with Crippen LogP contribution in [0.3, 0.4) is 0 Å². The van der Waals surface area contributed by atoms with E-state index in [4.69, 9.17) is 4.74 Å². The highest BCUT2D eigenvalue weighted by Gasteiger charge is 2.15. The monoisotopic (exact) mass is 228 g/mol. The maximum atomic E-state index is 6.04. The van der Waals surface area contributed by atoms with Crippen LogP contribution >= 0.6 is 0 Å². The molecule has 1 aliphatic rings. The van der Waals surface area contributed by atoms with Gasteiger partial charge in [-0.15, -0.1) is 0 Å². The van der Waals surface area contributed by atoms with Crippen LogP contribution in [0, 0.1) is 0 Å². The summed E-state index contributed by atoms with van der Waals surface area (Å²) in [6, 6.07) is 10.1. The molecule has 1 atom stereocenters. The first-order chi connectivity index (χ1) is 8.43. The zero-order valence-electron chi connectivity index (χ0n) is 9.73. The Morgan fingerprint density at radius 1 is 1.24 bits per heavy atom. The van der Waals surface area contributed by atoms with Crippen molar-refractivity contribution in [3.05, 3.63) is 36.5 Å².